The number of hydrogen-bond donors (Lipinski definition) is 0. The lowest BCUT2D eigenvalue weighted by Gasteiger charge is -2.34. The van der Waals surface area contributed by atoms with Crippen molar-refractivity contribution in [1.82, 2.24) is 0 Å². The first-order valence-electron chi connectivity index (χ1n) is 11.9. The van der Waals surface area contributed by atoms with Gasteiger partial charge in [0.2, 0.25) is 0 Å². The zero-order valence-corrected chi connectivity index (χ0v) is 20.1. The van der Waals surface area contributed by atoms with Crippen molar-refractivity contribution in [2.75, 3.05) is 29.4 Å². The van der Waals surface area contributed by atoms with Gasteiger partial charge in [-0.3, -0.25) is 9.59 Å². The Balaban J connectivity index is 1.51. The topological polar surface area (TPSA) is 40.6 Å². The molecule has 3 aromatic carbocycles. The number of carbonyl (C=O) groups excluding carboxylic acids is 2. The van der Waals surface area contributed by atoms with Gasteiger partial charge in [0, 0.05) is 42.5 Å². The predicted octanol–water partition coefficient (Wildman–Crippen LogP) is 6.21. The van der Waals surface area contributed by atoms with Crippen LogP contribution >= 0.6 is 0 Å². The molecule has 0 aliphatic carbocycles. The van der Waals surface area contributed by atoms with Crippen molar-refractivity contribution in [1.29, 1.82) is 0 Å². The number of amides is 1. The molecular formula is C29H31FN2O2. The van der Waals surface area contributed by atoms with Gasteiger partial charge in [-0.05, 0) is 93.3 Å². The predicted molar refractivity (Wildman–Crippen MR) is 135 cm³/mol. The second-order valence-electron chi connectivity index (χ2n) is 8.97. The summed E-state index contributed by atoms with van der Waals surface area (Å²) in [5.41, 5.74) is 5.39. The molecule has 0 N–H and O–H groups in total. The van der Waals surface area contributed by atoms with Gasteiger partial charge in [-0.2, -0.15) is 0 Å². The van der Waals surface area contributed by atoms with Gasteiger partial charge in [-0.15, -0.1) is 0 Å². The van der Waals surface area contributed by atoms with E-state index >= 15 is 0 Å². The van der Waals surface area contributed by atoms with E-state index in [9.17, 15) is 14.0 Å². The van der Waals surface area contributed by atoms with Crippen LogP contribution in [0.15, 0.2) is 66.7 Å². The quantitative estimate of drug-likeness (QED) is 0.413. The van der Waals surface area contributed by atoms with E-state index in [0.29, 0.717) is 43.6 Å². The molecule has 176 valence electrons. The minimum atomic E-state index is -0.338. The zero-order valence-electron chi connectivity index (χ0n) is 20.1. The second-order valence-corrected chi connectivity index (χ2v) is 8.97. The monoisotopic (exact) mass is 458 g/mol. The highest BCUT2D eigenvalue weighted by atomic mass is 19.1. The Morgan fingerprint density at radius 2 is 1.62 bits per heavy atom. The number of halogens is 1. The van der Waals surface area contributed by atoms with Crippen molar-refractivity contribution >= 4 is 23.1 Å². The lowest BCUT2D eigenvalue weighted by atomic mass is 9.88. The van der Waals surface area contributed by atoms with Gasteiger partial charge in [0.15, 0.2) is 5.78 Å². The van der Waals surface area contributed by atoms with Crippen LogP contribution < -0.4 is 9.80 Å². The number of piperidine rings is 1. The van der Waals surface area contributed by atoms with E-state index < -0.39 is 0 Å². The van der Waals surface area contributed by atoms with E-state index in [2.05, 4.69) is 30.9 Å². The summed E-state index contributed by atoms with van der Waals surface area (Å²) >= 11 is 0. The van der Waals surface area contributed by atoms with Crippen molar-refractivity contribution in [3.8, 4) is 0 Å². The number of ketones is 1. The summed E-state index contributed by atoms with van der Waals surface area (Å²) in [6.45, 7) is 8.07. The smallest absolute Gasteiger partial charge is 0.260 e. The van der Waals surface area contributed by atoms with Crippen molar-refractivity contribution in [3.63, 3.8) is 0 Å². The molecule has 0 aromatic heterocycles. The molecule has 1 heterocycles. The van der Waals surface area contributed by atoms with E-state index in [1.165, 1.54) is 17.7 Å². The Morgan fingerprint density at radius 1 is 0.941 bits per heavy atom. The van der Waals surface area contributed by atoms with Crippen molar-refractivity contribution in [2.24, 2.45) is 5.92 Å². The highest BCUT2D eigenvalue weighted by molar-refractivity contribution is 6.09. The molecular weight excluding hydrogens is 427 g/mol. The summed E-state index contributed by atoms with van der Waals surface area (Å²) in [5.74, 6) is -0.386. The van der Waals surface area contributed by atoms with Crippen molar-refractivity contribution < 1.29 is 14.0 Å². The van der Waals surface area contributed by atoms with Crippen molar-refractivity contribution in [2.45, 2.75) is 33.6 Å². The summed E-state index contributed by atoms with van der Waals surface area (Å²) in [6, 6.07) is 19.6. The molecule has 0 spiro atoms. The van der Waals surface area contributed by atoms with Gasteiger partial charge in [-0.1, -0.05) is 18.2 Å². The number of benzene rings is 3. The van der Waals surface area contributed by atoms with Crippen LogP contribution in [0.5, 0.6) is 0 Å². The fourth-order valence-electron chi connectivity index (χ4n) is 4.65. The molecule has 3 aromatic rings. The summed E-state index contributed by atoms with van der Waals surface area (Å²) < 4.78 is 13.2. The normalized spacial score (nSPS) is 14.2. The van der Waals surface area contributed by atoms with Crippen LogP contribution in [0.1, 0.15) is 51.6 Å². The molecule has 4 rings (SSSR count). The van der Waals surface area contributed by atoms with Crippen molar-refractivity contribution in [3.05, 3.63) is 94.8 Å². The average molecular weight is 459 g/mol. The molecule has 1 saturated heterocycles. The van der Waals surface area contributed by atoms with Gasteiger partial charge in [0.05, 0.1) is 5.56 Å². The van der Waals surface area contributed by atoms with E-state index in [1.807, 2.05) is 42.2 Å². The Bertz CT molecular complexity index is 1180. The van der Waals surface area contributed by atoms with Crippen LogP contribution in [-0.2, 0) is 0 Å². The number of hydrogen-bond acceptors (Lipinski definition) is 3. The summed E-state index contributed by atoms with van der Waals surface area (Å²) in [7, 11) is 0. The lowest BCUT2D eigenvalue weighted by Crippen LogP contribution is -2.38. The highest BCUT2D eigenvalue weighted by Crippen LogP contribution is 2.30. The number of para-hydroxylation sites is 1. The Kier molecular flexibility index (Phi) is 7.11. The largest absolute Gasteiger partial charge is 0.371 e. The third-order valence-corrected chi connectivity index (χ3v) is 6.83. The number of rotatable bonds is 6. The summed E-state index contributed by atoms with van der Waals surface area (Å²) in [4.78, 5) is 30.5. The standard InChI is InChI=1S/C29H31FN2O2/c1-4-32(25-14-9-20(2)21(3)19-25)29(34)26-7-5-6-8-27(26)31-17-15-23(16-18-31)28(33)22-10-12-24(30)13-11-22/h5-14,19,23H,4,15-18H2,1-3H3. The summed E-state index contributed by atoms with van der Waals surface area (Å²) in [5, 5.41) is 0. The maximum absolute atomic E-state index is 13.6. The van der Waals surface area contributed by atoms with Gasteiger partial charge in [-0.25, -0.2) is 4.39 Å². The lowest BCUT2D eigenvalue weighted by molar-refractivity contribution is 0.0899. The maximum atomic E-state index is 13.6. The Hall–Kier alpha value is -3.47. The summed E-state index contributed by atoms with van der Waals surface area (Å²) in [6.07, 6.45) is 1.40. The van der Waals surface area contributed by atoms with Crippen LogP contribution in [0.25, 0.3) is 0 Å². The molecule has 0 saturated carbocycles. The minimum absolute atomic E-state index is 0.0223. The van der Waals surface area contributed by atoms with Crippen LogP contribution in [-0.4, -0.2) is 31.3 Å². The SMILES string of the molecule is CCN(C(=O)c1ccccc1N1CCC(C(=O)c2ccc(F)cc2)CC1)c1ccc(C)c(C)c1. The molecule has 0 unspecified atom stereocenters. The first-order chi connectivity index (χ1) is 16.4. The molecule has 1 amide bonds. The first kappa shape index (κ1) is 23.7. The minimum Gasteiger partial charge on any atom is -0.371 e. The molecule has 5 heteroatoms. The molecule has 1 aliphatic rings. The fourth-order valence-corrected chi connectivity index (χ4v) is 4.65. The fraction of sp³-hybridized carbons (Fsp3) is 0.310. The number of aryl methyl sites for hydroxylation is 2. The molecule has 34 heavy (non-hydrogen) atoms. The molecule has 0 bridgehead atoms. The Morgan fingerprint density at radius 3 is 2.26 bits per heavy atom. The van der Waals surface area contributed by atoms with Crippen LogP contribution in [0, 0.1) is 25.6 Å². The second kappa shape index (κ2) is 10.2. The average Bonchev–Trinajstić information content (AvgIpc) is 2.86. The van der Waals surface area contributed by atoms with Crippen LogP contribution in [0.2, 0.25) is 0 Å². The van der Waals surface area contributed by atoms with Gasteiger partial charge in [0.25, 0.3) is 5.91 Å². The first-order valence-corrected chi connectivity index (χ1v) is 11.9. The van der Waals surface area contributed by atoms with Gasteiger partial charge < -0.3 is 9.80 Å². The van der Waals surface area contributed by atoms with Crippen LogP contribution in [0.4, 0.5) is 15.8 Å². The molecule has 4 nitrogen and oxygen atoms in total. The van der Waals surface area contributed by atoms with Gasteiger partial charge in [0.1, 0.15) is 5.82 Å². The van der Waals surface area contributed by atoms with E-state index in [1.54, 1.807) is 12.1 Å². The van der Waals surface area contributed by atoms with E-state index in [4.69, 9.17) is 0 Å². The number of nitrogens with zero attached hydrogens (tertiary/aromatic N) is 2. The zero-order chi connectivity index (χ0) is 24.2. The Labute approximate surface area is 201 Å². The molecule has 0 radical (unpaired) electrons. The van der Waals surface area contributed by atoms with E-state index in [0.717, 1.165) is 16.9 Å². The third-order valence-electron chi connectivity index (χ3n) is 6.83. The molecule has 1 fully saturated rings. The molecule has 0 atom stereocenters. The number of carbonyl (C=O) groups is 2. The van der Waals surface area contributed by atoms with E-state index in [-0.39, 0.29) is 23.4 Å². The van der Waals surface area contributed by atoms with Crippen LogP contribution in [0.3, 0.4) is 0 Å². The number of anilines is 2. The number of Topliss-reactive ketones (excluding diaryl/α,β-unsaturated/α-hetero) is 1. The maximum Gasteiger partial charge on any atom is 0.260 e. The highest BCUT2D eigenvalue weighted by Gasteiger charge is 2.28. The van der Waals surface area contributed by atoms with Gasteiger partial charge >= 0.3 is 0 Å². The molecule has 1 aliphatic heterocycles. The third kappa shape index (κ3) is 4.89.